The largest absolute Gasteiger partial charge is 0.352 e. The van der Waals surface area contributed by atoms with Gasteiger partial charge in [-0.1, -0.05) is 13.8 Å². The first-order valence-corrected chi connectivity index (χ1v) is 7.43. The molecule has 0 aromatic carbocycles. The molecular formula is C14H27N3O. The van der Waals surface area contributed by atoms with Gasteiger partial charge in [-0.05, 0) is 38.1 Å². The zero-order chi connectivity index (χ0) is 13.0. The van der Waals surface area contributed by atoms with Crippen LogP contribution in [0.4, 0.5) is 0 Å². The van der Waals surface area contributed by atoms with Crippen molar-refractivity contribution in [1.82, 2.24) is 15.5 Å². The lowest BCUT2D eigenvalue weighted by atomic mass is 9.87. The summed E-state index contributed by atoms with van der Waals surface area (Å²) in [6.07, 6.45) is 4.83. The molecule has 0 radical (unpaired) electrons. The molecule has 2 fully saturated rings. The van der Waals surface area contributed by atoms with Crippen molar-refractivity contribution in [2.45, 2.75) is 51.6 Å². The van der Waals surface area contributed by atoms with Crippen LogP contribution in [0.5, 0.6) is 0 Å². The highest BCUT2D eigenvalue weighted by Gasteiger charge is 2.26. The molecule has 2 rings (SSSR count). The number of hydrogen-bond donors (Lipinski definition) is 2. The van der Waals surface area contributed by atoms with Crippen LogP contribution < -0.4 is 10.6 Å². The minimum atomic E-state index is 0.211. The third-order valence-electron chi connectivity index (χ3n) is 4.41. The van der Waals surface area contributed by atoms with Crippen LogP contribution in [0.2, 0.25) is 0 Å². The SMILES string of the molecule is CCN(CC(=O)NC1CCC(C)CC1)C1CNC1. The van der Waals surface area contributed by atoms with Crippen molar-refractivity contribution in [2.75, 3.05) is 26.2 Å². The van der Waals surface area contributed by atoms with Crippen molar-refractivity contribution >= 4 is 5.91 Å². The molecule has 4 heteroatoms. The molecule has 0 aromatic rings. The summed E-state index contributed by atoms with van der Waals surface area (Å²) in [7, 11) is 0. The highest BCUT2D eigenvalue weighted by Crippen LogP contribution is 2.23. The summed E-state index contributed by atoms with van der Waals surface area (Å²) in [5.74, 6) is 1.05. The standard InChI is InChI=1S/C14H27N3O/c1-3-17(13-8-15-9-13)10-14(18)16-12-6-4-11(2)5-7-12/h11-13,15H,3-10H2,1-2H3,(H,16,18). The molecule has 0 aromatic heterocycles. The Morgan fingerprint density at radius 1 is 1.28 bits per heavy atom. The lowest BCUT2D eigenvalue weighted by Crippen LogP contribution is -2.59. The summed E-state index contributed by atoms with van der Waals surface area (Å²) in [4.78, 5) is 14.3. The van der Waals surface area contributed by atoms with Gasteiger partial charge in [0.15, 0.2) is 0 Å². The van der Waals surface area contributed by atoms with Crippen molar-refractivity contribution in [2.24, 2.45) is 5.92 Å². The second-order valence-corrected chi connectivity index (χ2v) is 5.90. The van der Waals surface area contributed by atoms with E-state index in [9.17, 15) is 4.79 Å². The lowest BCUT2D eigenvalue weighted by Gasteiger charge is -2.37. The van der Waals surface area contributed by atoms with Crippen LogP contribution in [-0.2, 0) is 4.79 Å². The maximum absolute atomic E-state index is 12.0. The van der Waals surface area contributed by atoms with E-state index >= 15 is 0 Å². The predicted octanol–water partition coefficient (Wildman–Crippen LogP) is 0.975. The normalized spacial score (nSPS) is 29.1. The van der Waals surface area contributed by atoms with E-state index in [2.05, 4.69) is 29.4 Å². The van der Waals surface area contributed by atoms with E-state index in [1.54, 1.807) is 0 Å². The van der Waals surface area contributed by atoms with Gasteiger partial charge in [-0.3, -0.25) is 9.69 Å². The maximum Gasteiger partial charge on any atom is 0.234 e. The third kappa shape index (κ3) is 3.69. The van der Waals surface area contributed by atoms with E-state index in [1.165, 1.54) is 12.8 Å². The van der Waals surface area contributed by atoms with E-state index in [4.69, 9.17) is 0 Å². The highest BCUT2D eigenvalue weighted by molar-refractivity contribution is 5.78. The fraction of sp³-hybridized carbons (Fsp3) is 0.929. The minimum Gasteiger partial charge on any atom is -0.352 e. The lowest BCUT2D eigenvalue weighted by molar-refractivity contribution is -0.124. The minimum absolute atomic E-state index is 0.211. The Morgan fingerprint density at radius 2 is 1.94 bits per heavy atom. The van der Waals surface area contributed by atoms with E-state index in [0.717, 1.165) is 38.4 Å². The molecule has 0 spiro atoms. The third-order valence-corrected chi connectivity index (χ3v) is 4.41. The quantitative estimate of drug-likeness (QED) is 0.767. The molecule has 1 saturated carbocycles. The Labute approximate surface area is 110 Å². The predicted molar refractivity (Wildman–Crippen MR) is 73.5 cm³/mol. The van der Waals surface area contributed by atoms with Crippen LogP contribution in [-0.4, -0.2) is 49.1 Å². The summed E-state index contributed by atoms with van der Waals surface area (Å²) in [6, 6.07) is 0.985. The molecule has 1 saturated heterocycles. The van der Waals surface area contributed by atoms with Gasteiger partial charge in [0.05, 0.1) is 6.54 Å². The first-order chi connectivity index (χ1) is 8.69. The molecule has 1 amide bonds. The molecule has 0 unspecified atom stereocenters. The van der Waals surface area contributed by atoms with E-state index in [-0.39, 0.29) is 5.91 Å². The second-order valence-electron chi connectivity index (χ2n) is 5.90. The van der Waals surface area contributed by atoms with Crippen LogP contribution >= 0.6 is 0 Å². The fourth-order valence-electron chi connectivity index (χ4n) is 2.89. The van der Waals surface area contributed by atoms with Gasteiger partial charge in [-0.25, -0.2) is 0 Å². The van der Waals surface area contributed by atoms with Crippen LogP contribution in [0.1, 0.15) is 39.5 Å². The summed E-state index contributed by atoms with van der Waals surface area (Å²) in [6.45, 7) is 8.02. The van der Waals surface area contributed by atoms with Crippen LogP contribution in [0.15, 0.2) is 0 Å². The topological polar surface area (TPSA) is 44.4 Å². The molecule has 18 heavy (non-hydrogen) atoms. The number of nitrogens with zero attached hydrogens (tertiary/aromatic N) is 1. The summed E-state index contributed by atoms with van der Waals surface area (Å²) in [5, 5.41) is 6.47. The van der Waals surface area contributed by atoms with E-state index in [1.807, 2.05) is 0 Å². The molecule has 1 aliphatic heterocycles. The first-order valence-electron chi connectivity index (χ1n) is 7.43. The number of nitrogens with one attached hydrogen (secondary N) is 2. The number of carbonyl (C=O) groups is 1. The Hall–Kier alpha value is -0.610. The van der Waals surface area contributed by atoms with Crippen LogP contribution in [0, 0.1) is 5.92 Å². The number of hydrogen-bond acceptors (Lipinski definition) is 3. The summed E-state index contributed by atoms with van der Waals surface area (Å²) < 4.78 is 0. The molecule has 0 atom stereocenters. The average Bonchev–Trinajstić information content (AvgIpc) is 2.29. The molecule has 104 valence electrons. The van der Waals surface area contributed by atoms with Gasteiger partial charge in [0.25, 0.3) is 0 Å². The van der Waals surface area contributed by atoms with Gasteiger partial charge in [0, 0.05) is 25.2 Å². The zero-order valence-corrected chi connectivity index (χ0v) is 11.7. The molecule has 0 bridgehead atoms. The van der Waals surface area contributed by atoms with E-state index in [0.29, 0.717) is 18.6 Å². The summed E-state index contributed by atoms with van der Waals surface area (Å²) in [5.41, 5.74) is 0. The average molecular weight is 253 g/mol. The van der Waals surface area contributed by atoms with Gasteiger partial charge in [0.2, 0.25) is 5.91 Å². The Kier molecular flexibility index (Phi) is 5.01. The number of amides is 1. The van der Waals surface area contributed by atoms with Gasteiger partial charge in [0.1, 0.15) is 0 Å². The molecule has 2 aliphatic rings. The monoisotopic (exact) mass is 253 g/mol. The maximum atomic E-state index is 12.0. The van der Waals surface area contributed by atoms with Crippen molar-refractivity contribution in [1.29, 1.82) is 0 Å². The number of carbonyl (C=O) groups excluding carboxylic acids is 1. The highest BCUT2D eigenvalue weighted by atomic mass is 16.2. The first kappa shape index (κ1) is 13.8. The molecule has 2 N–H and O–H groups in total. The van der Waals surface area contributed by atoms with Gasteiger partial charge in [-0.2, -0.15) is 0 Å². The summed E-state index contributed by atoms with van der Waals surface area (Å²) >= 11 is 0. The van der Waals surface area contributed by atoms with Gasteiger partial charge in [-0.15, -0.1) is 0 Å². The van der Waals surface area contributed by atoms with E-state index < -0.39 is 0 Å². The van der Waals surface area contributed by atoms with Crippen molar-refractivity contribution in [3.05, 3.63) is 0 Å². The number of likely N-dealkylation sites (N-methyl/N-ethyl adjacent to an activating group) is 1. The zero-order valence-electron chi connectivity index (χ0n) is 11.7. The van der Waals surface area contributed by atoms with Gasteiger partial charge >= 0.3 is 0 Å². The Morgan fingerprint density at radius 3 is 2.44 bits per heavy atom. The van der Waals surface area contributed by atoms with Crippen LogP contribution in [0.25, 0.3) is 0 Å². The molecule has 1 aliphatic carbocycles. The molecule has 1 heterocycles. The van der Waals surface area contributed by atoms with Crippen molar-refractivity contribution < 1.29 is 4.79 Å². The Bertz CT molecular complexity index is 270. The van der Waals surface area contributed by atoms with Crippen molar-refractivity contribution in [3.8, 4) is 0 Å². The fourth-order valence-corrected chi connectivity index (χ4v) is 2.89. The van der Waals surface area contributed by atoms with Crippen LogP contribution in [0.3, 0.4) is 0 Å². The Balaban J connectivity index is 1.70. The van der Waals surface area contributed by atoms with Gasteiger partial charge < -0.3 is 10.6 Å². The molecule has 4 nitrogen and oxygen atoms in total. The second kappa shape index (κ2) is 6.53. The smallest absolute Gasteiger partial charge is 0.234 e. The number of rotatable bonds is 5. The molecular weight excluding hydrogens is 226 g/mol. The van der Waals surface area contributed by atoms with Crippen molar-refractivity contribution in [3.63, 3.8) is 0 Å².